The van der Waals surface area contributed by atoms with Gasteiger partial charge in [0.1, 0.15) is 0 Å². The molecule has 2 aromatic heterocycles. The van der Waals surface area contributed by atoms with Crippen molar-refractivity contribution in [3.05, 3.63) is 332 Å². The molecule has 0 saturated carbocycles. The van der Waals surface area contributed by atoms with Gasteiger partial charge in [0.2, 0.25) is 0 Å². The van der Waals surface area contributed by atoms with Crippen LogP contribution in [0.25, 0.3) is 111 Å². The first-order valence-electron chi connectivity index (χ1n) is 42.5. The number of hydrogen-bond donors (Lipinski definition) is 0. The second-order valence-corrected chi connectivity index (χ2v) is 29.7. The molecule has 2 aliphatic heterocycles. The van der Waals surface area contributed by atoms with E-state index in [1.165, 1.54) is 0 Å². The van der Waals surface area contributed by atoms with E-state index in [4.69, 9.17) is 5.48 Å². The van der Waals surface area contributed by atoms with E-state index in [2.05, 4.69) is 200 Å². The van der Waals surface area contributed by atoms with Crippen molar-refractivity contribution in [1.82, 2.24) is 9.13 Å². The largest absolute Gasteiger partial charge is 0.310 e. The SMILES string of the molecule is [2H]c1c([2H])c([2H])c2c(c1[2H])c1c([2H])c([2H])c([2H])c([2H])c1n2-c1ccc2c(c1)N(c1c(-c3ccccc3)cccc1-c1ccccc1)c1cc(-c3ccc(C(C)(C)C)cc3C(C)(C)C)cc3c1B2c1ccc(-n2c4c([2H])c([2H])c([2H])c([2H])c4c4c([2H])c([2H])c([2H])c([2H])c42)cc1N3c1c(-c2ccccc2)cccc1-c1ccc(C(C)(C)C)cc1. The molecule has 0 unspecified atom stereocenters. The first-order chi connectivity index (χ1) is 55.7. The molecule has 18 rings (SSSR count). The lowest BCUT2D eigenvalue weighted by molar-refractivity contribution is 0.570. The molecule has 0 N–H and O–H groups in total. The third kappa shape index (κ3) is 10.1. The number of fused-ring (bicyclic) bond motifs is 10. The van der Waals surface area contributed by atoms with Crippen molar-refractivity contribution in [2.24, 2.45) is 0 Å². The third-order valence-corrected chi connectivity index (χ3v) is 20.5. The molecule has 0 amide bonds. The minimum Gasteiger partial charge on any atom is -0.310 e. The Hall–Kier alpha value is -11.7. The fourth-order valence-electron chi connectivity index (χ4n) is 15.6. The van der Waals surface area contributed by atoms with E-state index < -0.39 is 109 Å². The topological polar surface area (TPSA) is 16.3 Å². The normalized spacial score (nSPS) is 15.2. The maximum atomic E-state index is 9.90. The molecule has 0 saturated heterocycles. The quantitative estimate of drug-likeness (QED) is 0.134. The lowest BCUT2D eigenvalue weighted by Crippen LogP contribution is -2.61. The molecule has 2 aliphatic rings. The predicted octanol–water partition coefficient (Wildman–Crippen LogP) is 24.2. The Kier molecular flexibility index (Phi) is 10.8. The van der Waals surface area contributed by atoms with E-state index >= 15 is 0 Å². The molecule has 101 heavy (non-hydrogen) atoms. The first kappa shape index (κ1) is 46.6. The zero-order valence-corrected chi connectivity index (χ0v) is 57.7. The average Bonchev–Trinajstić information content (AvgIpc) is 1.02. The van der Waals surface area contributed by atoms with Gasteiger partial charge in [0.15, 0.2) is 0 Å². The molecule has 16 aromatic rings. The van der Waals surface area contributed by atoms with Crippen LogP contribution in [0.3, 0.4) is 0 Å². The van der Waals surface area contributed by atoms with E-state index in [0.717, 1.165) is 111 Å². The van der Waals surface area contributed by atoms with Crippen molar-refractivity contribution in [3.63, 3.8) is 0 Å². The number of benzene rings is 14. The molecule has 0 fully saturated rings. The van der Waals surface area contributed by atoms with Crippen LogP contribution in [-0.2, 0) is 16.2 Å². The summed E-state index contributed by atoms with van der Waals surface area (Å²) >= 11 is 0. The van der Waals surface area contributed by atoms with Gasteiger partial charge in [-0.15, -0.1) is 0 Å². The van der Waals surface area contributed by atoms with Crippen molar-refractivity contribution in [2.75, 3.05) is 9.80 Å². The Balaban J connectivity index is 1.08. The fraction of sp³-hybridized carbons (Fsp3) is 0.125. The third-order valence-electron chi connectivity index (χ3n) is 20.5. The van der Waals surface area contributed by atoms with Gasteiger partial charge in [-0.3, -0.25) is 0 Å². The molecule has 4 heterocycles. The summed E-state index contributed by atoms with van der Waals surface area (Å²) in [5.74, 6) is 0. The van der Waals surface area contributed by atoms with Crippen LogP contribution in [-0.4, -0.2) is 15.8 Å². The molecule has 0 bridgehead atoms. The standard InChI is InChI=1S/C96H79BN4/c1-94(2,3)67-49-47-65(48-50-67)75-42-28-41-74(64-33-17-12-18-34-64)93(75)101-88-61-70(99-85-45-25-21-37-78(85)79-38-22-26-46-86(79)99)53-56-82(88)97-81-55-52-69(98-83-43-23-19-35-76(83)77-36-20-24-44-84(77)98)60-87(81)100(92-72(62-29-13-10-14-30-62)39-27-40-73(92)63-31-15-11-16-32-63)89-57-66(58-90(101)91(89)97)71-54-51-68(95(4,5)6)59-80(71)96(7,8)9/h10-61H,1-9H3/i19D,20D,21D,22D,23D,24D,25D,26D,35D,36D,37D,38D,43D,44D,45D,46D. The highest BCUT2D eigenvalue weighted by Gasteiger charge is 2.46. The molecule has 0 radical (unpaired) electrons. The van der Waals surface area contributed by atoms with E-state index in [-0.39, 0.29) is 54.4 Å². The Morgan fingerprint density at radius 1 is 0.287 bits per heavy atom. The van der Waals surface area contributed by atoms with Gasteiger partial charge in [0, 0.05) is 77.9 Å². The molecule has 0 aliphatic carbocycles. The van der Waals surface area contributed by atoms with E-state index in [0.29, 0.717) is 22.7 Å². The molecular weight excluding hydrogens is 1220 g/mol. The van der Waals surface area contributed by atoms with Gasteiger partial charge in [-0.1, -0.05) is 317 Å². The van der Waals surface area contributed by atoms with Crippen molar-refractivity contribution >= 4 is 101 Å². The highest BCUT2D eigenvalue weighted by Crippen LogP contribution is 2.55. The van der Waals surface area contributed by atoms with Gasteiger partial charge in [0.25, 0.3) is 6.71 Å². The van der Waals surface area contributed by atoms with Crippen LogP contribution in [0.4, 0.5) is 34.1 Å². The summed E-state index contributed by atoms with van der Waals surface area (Å²) in [5.41, 5.74) is 17.9. The van der Waals surface area contributed by atoms with Crippen LogP contribution in [0.5, 0.6) is 0 Å². The number of rotatable bonds is 9. The minimum absolute atomic E-state index is 0.0507. The smallest absolute Gasteiger partial charge is 0.252 e. The van der Waals surface area contributed by atoms with Gasteiger partial charge in [-0.05, 0) is 143 Å². The maximum absolute atomic E-state index is 9.90. The number of aromatic nitrogens is 2. The highest BCUT2D eigenvalue weighted by atomic mass is 15.2. The molecular formula is C96H79BN4. The Bertz CT molecular complexity index is 6750. The summed E-state index contributed by atoms with van der Waals surface area (Å²) in [6, 6.07) is 66.9. The Morgan fingerprint density at radius 2 is 0.644 bits per heavy atom. The number of para-hydroxylation sites is 6. The lowest BCUT2D eigenvalue weighted by atomic mass is 9.33. The molecule has 14 aromatic carbocycles. The van der Waals surface area contributed by atoms with Gasteiger partial charge >= 0.3 is 0 Å². The van der Waals surface area contributed by atoms with Gasteiger partial charge < -0.3 is 18.9 Å². The number of anilines is 6. The summed E-state index contributed by atoms with van der Waals surface area (Å²) in [5, 5.41) is -0.289. The zero-order valence-electron chi connectivity index (χ0n) is 73.7. The summed E-state index contributed by atoms with van der Waals surface area (Å²) in [4.78, 5) is 4.66. The molecule has 0 spiro atoms. The Labute approximate surface area is 616 Å². The second-order valence-electron chi connectivity index (χ2n) is 29.7. The molecule has 5 heteroatoms. The predicted molar refractivity (Wildman–Crippen MR) is 432 cm³/mol. The highest BCUT2D eigenvalue weighted by molar-refractivity contribution is 7.00. The first-order valence-corrected chi connectivity index (χ1v) is 34.5. The maximum Gasteiger partial charge on any atom is 0.252 e. The summed E-state index contributed by atoms with van der Waals surface area (Å²) in [6.07, 6.45) is 0. The van der Waals surface area contributed by atoms with Gasteiger partial charge in [-0.2, -0.15) is 0 Å². The van der Waals surface area contributed by atoms with Gasteiger partial charge in [0.05, 0.1) is 55.4 Å². The van der Waals surface area contributed by atoms with Crippen molar-refractivity contribution in [2.45, 2.75) is 78.6 Å². The number of nitrogens with zero attached hydrogens (tertiary/aromatic N) is 4. The zero-order chi connectivity index (χ0) is 82.6. The average molecular weight is 1320 g/mol. The summed E-state index contributed by atoms with van der Waals surface area (Å²) in [7, 11) is 0. The van der Waals surface area contributed by atoms with Crippen molar-refractivity contribution in [1.29, 1.82) is 0 Å². The summed E-state index contributed by atoms with van der Waals surface area (Å²) < 4.78 is 155. The van der Waals surface area contributed by atoms with Crippen LogP contribution in [0.15, 0.2) is 315 Å². The fourth-order valence-corrected chi connectivity index (χ4v) is 15.6. The van der Waals surface area contributed by atoms with Crippen LogP contribution in [0, 0.1) is 0 Å². The molecule has 4 nitrogen and oxygen atoms in total. The van der Waals surface area contributed by atoms with Crippen LogP contribution in [0.1, 0.15) is 101 Å². The van der Waals surface area contributed by atoms with Crippen LogP contribution < -0.4 is 26.2 Å². The molecule has 486 valence electrons. The minimum atomic E-state index is -0.780. The van der Waals surface area contributed by atoms with E-state index in [1.807, 2.05) is 91.0 Å². The van der Waals surface area contributed by atoms with Crippen molar-refractivity contribution < 1.29 is 21.9 Å². The summed E-state index contributed by atoms with van der Waals surface area (Å²) in [6.45, 7) is 19.1. The molecule has 0 atom stereocenters. The number of hydrogen-bond acceptors (Lipinski definition) is 2. The second kappa shape index (κ2) is 23.5. The van der Waals surface area contributed by atoms with Gasteiger partial charge in [-0.25, -0.2) is 0 Å². The monoisotopic (exact) mass is 1310 g/mol. The van der Waals surface area contributed by atoms with Crippen molar-refractivity contribution in [3.8, 4) is 67.0 Å². The van der Waals surface area contributed by atoms with E-state index in [9.17, 15) is 16.4 Å². The Morgan fingerprint density at radius 3 is 1.01 bits per heavy atom. The lowest BCUT2D eigenvalue weighted by Gasteiger charge is -2.46. The van der Waals surface area contributed by atoms with Crippen LogP contribution >= 0.6 is 0 Å². The van der Waals surface area contributed by atoms with E-state index in [1.54, 1.807) is 9.13 Å². The van der Waals surface area contributed by atoms with Crippen LogP contribution in [0.2, 0.25) is 0 Å².